The third kappa shape index (κ3) is 3.35. The van der Waals surface area contributed by atoms with Gasteiger partial charge in [-0.05, 0) is 19.1 Å². The van der Waals surface area contributed by atoms with Gasteiger partial charge < -0.3 is 5.73 Å². The molecule has 7 nitrogen and oxygen atoms in total. The molecular weight excluding hydrogens is 351 g/mol. The molecule has 1 rings (SSSR count). The summed E-state index contributed by atoms with van der Waals surface area (Å²) in [5.41, 5.74) is 5.56. The van der Waals surface area contributed by atoms with E-state index in [0.717, 1.165) is 26.1 Å². The smallest absolute Gasteiger partial charge is 0.281 e. The van der Waals surface area contributed by atoms with E-state index >= 15 is 0 Å². The highest BCUT2D eigenvalue weighted by atomic mass is 35.5. The normalized spacial score (nSPS) is 14.5. The van der Waals surface area contributed by atoms with Crippen LogP contribution in [0.25, 0.3) is 0 Å². The van der Waals surface area contributed by atoms with Gasteiger partial charge in [0.2, 0.25) is 10.0 Å². The third-order valence-corrected chi connectivity index (χ3v) is 6.68. The second-order valence-corrected chi connectivity index (χ2v) is 8.43. The van der Waals surface area contributed by atoms with Gasteiger partial charge in [-0.3, -0.25) is 4.55 Å². The molecule has 0 spiro atoms. The number of sulfonamides is 1. The standard InChI is InChI=1S/C9H12Cl2N2O5S2/c1-5(20(16,17)18)13(2)19(14,15)9-4-6(10)8(12)3-7(9)11/h3-5H,12H2,1-2H3,(H,16,17,18). The summed E-state index contributed by atoms with van der Waals surface area (Å²) in [6, 6.07) is 2.16. The Bertz CT molecular complexity index is 733. The lowest BCUT2D eigenvalue weighted by molar-refractivity contribution is 0.401. The fraction of sp³-hybridized carbons (Fsp3) is 0.333. The molecular formula is C9H12Cl2N2O5S2. The van der Waals surface area contributed by atoms with Crippen LogP contribution in [0.5, 0.6) is 0 Å². The molecule has 114 valence electrons. The summed E-state index contributed by atoms with van der Waals surface area (Å²) in [7, 11) is -7.85. The fourth-order valence-corrected chi connectivity index (χ4v) is 4.29. The lowest BCUT2D eigenvalue weighted by Gasteiger charge is -2.22. The van der Waals surface area contributed by atoms with Crippen molar-refractivity contribution in [2.75, 3.05) is 12.8 Å². The number of halogens is 2. The van der Waals surface area contributed by atoms with Crippen molar-refractivity contribution in [2.45, 2.75) is 17.2 Å². The topological polar surface area (TPSA) is 118 Å². The molecule has 1 aromatic rings. The highest BCUT2D eigenvalue weighted by Gasteiger charge is 2.34. The average molecular weight is 363 g/mol. The Morgan fingerprint density at radius 1 is 1.20 bits per heavy atom. The van der Waals surface area contributed by atoms with Crippen molar-refractivity contribution in [3.63, 3.8) is 0 Å². The van der Waals surface area contributed by atoms with Crippen LogP contribution in [0.15, 0.2) is 17.0 Å². The van der Waals surface area contributed by atoms with Crippen molar-refractivity contribution in [3.8, 4) is 0 Å². The number of rotatable bonds is 4. The SMILES string of the molecule is CC(N(C)S(=O)(=O)c1cc(Cl)c(N)cc1Cl)S(=O)(=O)O. The second kappa shape index (κ2) is 5.66. The van der Waals surface area contributed by atoms with E-state index in [2.05, 4.69) is 0 Å². The predicted molar refractivity (Wildman–Crippen MR) is 76.8 cm³/mol. The Morgan fingerprint density at radius 2 is 1.70 bits per heavy atom. The Labute approximate surface area is 127 Å². The molecule has 20 heavy (non-hydrogen) atoms. The number of hydrogen-bond acceptors (Lipinski definition) is 5. The lowest BCUT2D eigenvalue weighted by atomic mass is 10.3. The zero-order valence-corrected chi connectivity index (χ0v) is 13.6. The highest BCUT2D eigenvalue weighted by Crippen LogP contribution is 2.32. The predicted octanol–water partition coefficient (Wildman–Crippen LogP) is 1.43. The Hall–Kier alpha value is -0.580. The van der Waals surface area contributed by atoms with Crippen molar-refractivity contribution >= 4 is 49.0 Å². The minimum atomic E-state index is -4.58. The largest absolute Gasteiger partial charge is 0.397 e. The quantitative estimate of drug-likeness (QED) is 0.617. The van der Waals surface area contributed by atoms with E-state index in [1.165, 1.54) is 0 Å². The summed E-state index contributed by atoms with van der Waals surface area (Å²) >= 11 is 11.5. The van der Waals surface area contributed by atoms with Crippen LogP contribution in [0.2, 0.25) is 10.0 Å². The summed E-state index contributed by atoms with van der Waals surface area (Å²) in [6.07, 6.45) is 0. The maximum Gasteiger partial charge on any atom is 0.281 e. The molecule has 0 bridgehead atoms. The van der Waals surface area contributed by atoms with Gasteiger partial charge in [0, 0.05) is 7.05 Å². The van der Waals surface area contributed by atoms with Gasteiger partial charge in [-0.25, -0.2) is 8.42 Å². The van der Waals surface area contributed by atoms with Gasteiger partial charge in [0.05, 0.1) is 15.7 Å². The van der Waals surface area contributed by atoms with Crippen LogP contribution >= 0.6 is 23.2 Å². The van der Waals surface area contributed by atoms with Crippen molar-refractivity contribution in [1.29, 1.82) is 0 Å². The molecule has 0 aromatic heterocycles. The maximum atomic E-state index is 12.3. The average Bonchev–Trinajstić information content (AvgIpc) is 2.30. The molecule has 1 unspecified atom stereocenters. The van der Waals surface area contributed by atoms with Crippen LogP contribution in [-0.2, 0) is 20.1 Å². The second-order valence-electron chi connectivity index (χ2n) is 3.94. The number of benzene rings is 1. The lowest BCUT2D eigenvalue weighted by Crippen LogP contribution is -2.40. The minimum Gasteiger partial charge on any atom is -0.397 e. The van der Waals surface area contributed by atoms with Crippen molar-refractivity contribution in [3.05, 3.63) is 22.2 Å². The minimum absolute atomic E-state index is 0.0408. The maximum absolute atomic E-state index is 12.3. The zero-order valence-electron chi connectivity index (χ0n) is 10.4. The van der Waals surface area contributed by atoms with E-state index in [-0.39, 0.29) is 15.7 Å². The van der Waals surface area contributed by atoms with Crippen LogP contribution in [-0.4, -0.2) is 38.1 Å². The van der Waals surface area contributed by atoms with Gasteiger partial charge in [-0.15, -0.1) is 0 Å². The van der Waals surface area contributed by atoms with Gasteiger partial charge in [0.15, 0.2) is 0 Å². The monoisotopic (exact) mass is 362 g/mol. The van der Waals surface area contributed by atoms with E-state index in [1.807, 2.05) is 0 Å². The molecule has 0 aliphatic heterocycles. The highest BCUT2D eigenvalue weighted by molar-refractivity contribution is 7.91. The molecule has 11 heteroatoms. The molecule has 0 saturated carbocycles. The summed E-state index contributed by atoms with van der Waals surface area (Å²) in [5.74, 6) is 0. The van der Waals surface area contributed by atoms with Crippen LogP contribution < -0.4 is 5.73 Å². The van der Waals surface area contributed by atoms with Crippen LogP contribution in [0.4, 0.5) is 5.69 Å². The first-order valence-corrected chi connectivity index (χ1v) is 8.77. The van der Waals surface area contributed by atoms with E-state index in [1.54, 1.807) is 0 Å². The van der Waals surface area contributed by atoms with Gasteiger partial charge in [-0.1, -0.05) is 23.2 Å². The van der Waals surface area contributed by atoms with Crippen LogP contribution in [0, 0.1) is 0 Å². The first-order valence-electron chi connectivity index (χ1n) is 5.08. The summed E-state index contributed by atoms with van der Waals surface area (Å²) in [4.78, 5) is -0.406. The number of hydrogen-bond donors (Lipinski definition) is 2. The molecule has 0 fully saturated rings. The van der Waals surface area contributed by atoms with Crippen molar-refractivity contribution in [2.24, 2.45) is 0 Å². The fourth-order valence-electron chi connectivity index (χ4n) is 1.28. The van der Waals surface area contributed by atoms with E-state index in [0.29, 0.717) is 4.31 Å². The zero-order chi connectivity index (χ0) is 15.9. The Balaban J connectivity index is 3.42. The van der Waals surface area contributed by atoms with Crippen LogP contribution in [0.1, 0.15) is 6.92 Å². The Morgan fingerprint density at radius 3 is 2.15 bits per heavy atom. The van der Waals surface area contributed by atoms with Crippen LogP contribution in [0.3, 0.4) is 0 Å². The van der Waals surface area contributed by atoms with Gasteiger partial charge in [0.25, 0.3) is 10.1 Å². The number of anilines is 1. The van der Waals surface area contributed by atoms with E-state index in [4.69, 9.17) is 33.5 Å². The summed E-state index contributed by atoms with van der Waals surface area (Å²) in [6.45, 7) is 1.01. The third-order valence-electron chi connectivity index (χ3n) is 2.65. The number of nitrogens with two attached hydrogens (primary N) is 1. The summed E-state index contributed by atoms with van der Waals surface area (Å²) < 4.78 is 56.0. The first-order chi connectivity index (χ1) is 8.89. The molecule has 0 radical (unpaired) electrons. The first kappa shape index (κ1) is 17.5. The molecule has 1 atom stereocenters. The number of nitrogens with zero attached hydrogens (tertiary/aromatic N) is 1. The van der Waals surface area contributed by atoms with Crippen molar-refractivity contribution < 1.29 is 21.4 Å². The molecule has 0 saturated heterocycles. The molecule has 0 aliphatic carbocycles. The van der Waals surface area contributed by atoms with Gasteiger partial charge in [0.1, 0.15) is 10.3 Å². The van der Waals surface area contributed by atoms with E-state index in [9.17, 15) is 16.8 Å². The molecule has 1 aromatic carbocycles. The summed E-state index contributed by atoms with van der Waals surface area (Å²) in [5, 5.41) is -1.93. The molecule has 0 amide bonds. The van der Waals surface area contributed by atoms with E-state index < -0.39 is 30.4 Å². The molecule has 0 aliphatic rings. The number of nitrogen functional groups attached to an aromatic ring is 1. The van der Waals surface area contributed by atoms with Gasteiger partial charge >= 0.3 is 0 Å². The Kier molecular flexibility index (Phi) is 4.95. The van der Waals surface area contributed by atoms with Crippen molar-refractivity contribution in [1.82, 2.24) is 4.31 Å². The molecule has 3 N–H and O–H groups in total. The molecule has 0 heterocycles. The van der Waals surface area contributed by atoms with Gasteiger partial charge in [-0.2, -0.15) is 12.7 Å².